The van der Waals surface area contributed by atoms with Gasteiger partial charge in [-0.15, -0.1) is 11.3 Å². The SMILES string of the molecule is CC(=O)c1csc(-c2ccc(Br)cc2C(F)(F)F)n1. The largest absolute Gasteiger partial charge is 0.417 e. The number of alkyl halides is 3. The summed E-state index contributed by atoms with van der Waals surface area (Å²) >= 11 is 4.04. The molecule has 0 unspecified atom stereocenters. The fourth-order valence-corrected chi connectivity index (χ4v) is 2.76. The van der Waals surface area contributed by atoms with Gasteiger partial charge in [-0.3, -0.25) is 4.79 Å². The van der Waals surface area contributed by atoms with Crippen molar-refractivity contribution in [3.8, 4) is 10.6 Å². The molecule has 0 atom stereocenters. The summed E-state index contributed by atoms with van der Waals surface area (Å²) in [4.78, 5) is 15.1. The second kappa shape index (κ2) is 5.05. The maximum absolute atomic E-state index is 13.0. The molecule has 0 saturated carbocycles. The molecule has 19 heavy (non-hydrogen) atoms. The van der Waals surface area contributed by atoms with Crippen LogP contribution >= 0.6 is 27.3 Å². The number of benzene rings is 1. The summed E-state index contributed by atoms with van der Waals surface area (Å²) in [6.45, 7) is 1.32. The van der Waals surface area contributed by atoms with Gasteiger partial charge in [0.1, 0.15) is 10.7 Å². The zero-order valence-corrected chi connectivity index (χ0v) is 12.0. The molecule has 2 rings (SSSR count). The third-order valence-corrected chi connectivity index (χ3v) is 3.75. The Bertz CT molecular complexity index is 636. The van der Waals surface area contributed by atoms with Gasteiger partial charge in [0.25, 0.3) is 0 Å². The van der Waals surface area contributed by atoms with Crippen molar-refractivity contribution in [2.75, 3.05) is 0 Å². The second-order valence-electron chi connectivity index (χ2n) is 3.78. The molecule has 2 aromatic rings. The normalized spacial score (nSPS) is 11.6. The van der Waals surface area contributed by atoms with E-state index in [4.69, 9.17) is 0 Å². The summed E-state index contributed by atoms with van der Waals surface area (Å²) in [5, 5.41) is 1.64. The molecule has 7 heteroatoms. The number of rotatable bonds is 2. The lowest BCUT2D eigenvalue weighted by Crippen LogP contribution is -2.07. The zero-order chi connectivity index (χ0) is 14.2. The van der Waals surface area contributed by atoms with E-state index in [1.165, 1.54) is 24.4 Å². The molecule has 0 amide bonds. The number of Topliss-reactive ketones (excluding diaryl/α,β-unsaturated/α-hetero) is 1. The van der Waals surface area contributed by atoms with Crippen molar-refractivity contribution in [2.45, 2.75) is 13.1 Å². The standard InChI is InChI=1S/C12H7BrF3NOS/c1-6(18)10-5-19-11(17-10)8-3-2-7(13)4-9(8)12(14,15)16/h2-5H,1H3. The van der Waals surface area contributed by atoms with Gasteiger partial charge in [0.15, 0.2) is 5.78 Å². The first kappa shape index (κ1) is 14.2. The molecule has 0 fully saturated rings. The maximum Gasteiger partial charge on any atom is 0.417 e. The van der Waals surface area contributed by atoms with E-state index in [-0.39, 0.29) is 22.0 Å². The highest BCUT2D eigenvalue weighted by Gasteiger charge is 2.34. The van der Waals surface area contributed by atoms with Crippen molar-refractivity contribution >= 4 is 33.0 Å². The summed E-state index contributed by atoms with van der Waals surface area (Å²) in [7, 11) is 0. The smallest absolute Gasteiger partial charge is 0.293 e. The van der Waals surface area contributed by atoms with Gasteiger partial charge in [0.05, 0.1) is 5.56 Å². The van der Waals surface area contributed by atoms with E-state index in [1.807, 2.05) is 0 Å². The number of hydrogen-bond acceptors (Lipinski definition) is 3. The van der Waals surface area contributed by atoms with Crippen LogP contribution in [0.3, 0.4) is 0 Å². The number of ketones is 1. The Kier molecular flexibility index (Phi) is 3.78. The van der Waals surface area contributed by atoms with Crippen LogP contribution in [0.4, 0.5) is 13.2 Å². The Balaban J connectivity index is 2.58. The van der Waals surface area contributed by atoms with Crippen LogP contribution in [0.25, 0.3) is 10.6 Å². The molecule has 1 aromatic carbocycles. The molecule has 0 aliphatic rings. The van der Waals surface area contributed by atoms with Crippen LogP contribution in [0.15, 0.2) is 28.1 Å². The first-order chi connectivity index (χ1) is 8.79. The van der Waals surface area contributed by atoms with Crippen molar-refractivity contribution in [3.05, 3.63) is 39.3 Å². The molecule has 0 spiro atoms. The zero-order valence-electron chi connectivity index (χ0n) is 9.58. The molecular formula is C12H7BrF3NOS. The van der Waals surface area contributed by atoms with Gasteiger partial charge in [-0.2, -0.15) is 13.2 Å². The third-order valence-electron chi connectivity index (χ3n) is 2.38. The highest BCUT2D eigenvalue weighted by molar-refractivity contribution is 9.10. The third kappa shape index (κ3) is 3.03. The van der Waals surface area contributed by atoms with Crippen LogP contribution in [0.2, 0.25) is 0 Å². The van der Waals surface area contributed by atoms with Crippen molar-refractivity contribution in [1.82, 2.24) is 4.98 Å². The minimum absolute atomic E-state index is 0.0202. The Hall–Kier alpha value is -1.21. The van der Waals surface area contributed by atoms with Gasteiger partial charge >= 0.3 is 6.18 Å². The summed E-state index contributed by atoms with van der Waals surface area (Å²) in [6.07, 6.45) is -4.47. The summed E-state index contributed by atoms with van der Waals surface area (Å²) in [5.41, 5.74) is -0.615. The van der Waals surface area contributed by atoms with Gasteiger partial charge < -0.3 is 0 Å². The van der Waals surface area contributed by atoms with Crippen molar-refractivity contribution in [2.24, 2.45) is 0 Å². The highest BCUT2D eigenvalue weighted by atomic mass is 79.9. The van der Waals surface area contributed by atoms with E-state index in [9.17, 15) is 18.0 Å². The molecule has 1 aromatic heterocycles. The Morgan fingerprint density at radius 2 is 2.05 bits per heavy atom. The van der Waals surface area contributed by atoms with Gasteiger partial charge in [0, 0.05) is 22.3 Å². The molecule has 0 bridgehead atoms. The maximum atomic E-state index is 13.0. The van der Waals surface area contributed by atoms with Crippen LogP contribution in [0.1, 0.15) is 23.0 Å². The van der Waals surface area contributed by atoms with Crippen LogP contribution in [-0.2, 0) is 6.18 Å². The van der Waals surface area contributed by atoms with Crippen LogP contribution in [-0.4, -0.2) is 10.8 Å². The molecule has 2 nitrogen and oxygen atoms in total. The molecule has 1 heterocycles. The second-order valence-corrected chi connectivity index (χ2v) is 5.56. The number of halogens is 4. The average Bonchev–Trinajstić information content (AvgIpc) is 2.77. The average molecular weight is 350 g/mol. The van der Waals surface area contributed by atoms with Gasteiger partial charge in [-0.25, -0.2) is 4.98 Å². The fourth-order valence-electron chi connectivity index (χ4n) is 1.50. The minimum Gasteiger partial charge on any atom is -0.293 e. The number of nitrogens with zero attached hydrogens (tertiary/aromatic N) is 1. The van der Waals surface area contributed by atoms with E-state index in [1.54, 1.807) is 0 Å². The van der Waals surface area contributed by atoms with Crippen molar-refractivity contribution < 1.29 is 18.0 Å². The fraction of sp³-hybridized carbons (Fsp3) is 0.167. The number of carbonyl (C=O) groups excluding carboxylic acids is 1. The monoisotopic (exact) mass is 349 g/mol. The number of thiazole rings is 1. The minimum atomic E-state index is -4.47. The molecule has 0 N–H and O–H groups in total. The summed E-state index contributed by atoms with van der Waals surface area (Å²) in [5.74, 6) is -0.270. The van der Waals surface area contributed by atoms with E-state index in [0.29, 0.717) is 4.47 Å². The molecule has 0 radical (unpaired) electrons. The molecular weight excluding hydrogens is 343 g/mol. The highest BCUT2D eigenvalue weighted by Crippen LogP contribution is 2.39. The molecule has 100 valence electrons. The van der Waals surface area contributed by atoms with E-state index >= 15 is 0 Å². The molecule has 0 saturated heterocycles. The predicted molar refractivity (Wildman–Crippen MR) is 70.3 cm³/mol. The summed E-state index contributed by atoms with van der Waals surface area (Å²) < 4.78 is 39.2. The number of carbonyl (C=O) groups is 1. The predicted octanol–water partition coefficient (Wildman–Crippen LogP) is 4.79. The van der Waals surface area contributed by atoms with Crippen LogP contribution < -0.4 is 0 Å². The quantitative estimate of drug-likeness (QED) is 0.729. The lowest BCUT2D eigenvalue weighted by molar-refractivity contribution is -0.137. The van der Waals surface area contributed by atoms with Crippen molar-refractivity contribution in [3.63, 3.8) is 0 Å². The lowest BCUT2D eigenvalue weighted by Gasteiger charge is -2.11. The Morgan fingerprint density at radius 1 is 1.37 bits per heavy atom. The van der Waals surface area contributed by atoms with Crippen molar-refractivity contribution in [1.29, 1.82) is 0 Å². The van der Waals surface area contributed by atoms with Crippen LogP contribution in [0.5, 0.6) is 0 Å². The van der Waals surface area contributed by atoms with Gasteiger partial charge in [-0.1, -0.05) is 22.0 Å². The Morgan fingerprint density at radius 3 is 2.58 bits per heavy atom. The lowest BCUT2D eigenvalue weighted by atomic mass is 10.1. The number of aromatic nitrogens is 1. The van der Waals surface area contributed by atoms with Gasteiger partial charge in [-0.05, 0) is 12.1 Å². The molecule has 0 aliphatic heterocycles. The van der Waals surface area contributed by atoms with E-state index in [0.717, 1.165) is 17.4 Å². The summed E-state index contributed by atoms with van der Waals surface area (Å²) in [6, 6.07) is 3.86. The first-order valence-electron chi connectivity index (χ1n) is 5.12. The first-order valence-corrected chi connectivity index (χ1v) is 6.80. The van der Waals surface area contributed by atoms with Crippen LogP contribution in [0, 0.1) is 0 Å². The van der Waals surface area contributed by atoms with E-state index in [2.05, 4.69) is 20.9 Å². The molecule has 0 aliphatic carbocycles. The van der Waals surface area contributed by atoms with E-state index < -0.39 is 11.7 Å². The van der Waals surface area contributed by atoms with Gasteiger partial charge in [0.2, 0.25) is 0 Å². The Labute approximate surface area is 119 Å². The topological polar surface area (TPSA) is 30.0 Å². The number of hydrogen-bond donors (Lipinski definition) is 0.